The van der Waals surface area contributed by atoms with Gasteiger partial charge in [-0.1, -0.05) is 19.9 Å². The van der Waals surface area contributed by atoms with E-state index in [1.807, 2.05) is 13.8 Å². The van der Waals surface area contributed by atoms with Crippen LogP contribution in [0.1, 0.15) is 42.8 Å². The highest BCUT2D eigenvalue weighted by Gasteiger charge is 2.15. The predicted molar refractivity (Wildman–Crippen MR) is 121 cm³/mol. The molecule has 4 N–H and O–H groups in total. The zero-order valence-electron chi connectivity index (χ0n) is 18.5. The molecule has 0 unspecified atom stereocenters. The van der Waals surface area contributed by atoms with Crippen LogP contribution in [-0.4, -0.2) is 42.7 Å². The van der Waals surface area contributed by atoms with Gasteiger partial charge in [-0.15, -0.1) is 0 Å². The molecular weight excluding hydrogens is 401 g/mol. The van der Waals surface area contributed by atoms with Gasteiger partial charge in [0.2, 0.25) is 0 Å². The highest BCUT2D eigenvalue weighted by molar-refractivity contribution is 6.00. The molecule has 0 saturated carbocycles. The molecule has 0 spiro atoms. The fraction of sp³-hybridized carbons (Fsp3) is 0.391. The van der Waals surface area contributed by atoms with E-state index in [1.165, 1.54) is 13.1 Å². The van der Waals surface area contributed by atoms with Gasteiger partial charge in [0.05, 0.1) is 22.9 Å². The number of aryl methyl sites for hydroxylation is 1. The summed E-state index contributed by atoms with van der Waals surface area (Å²) in [6.07, 6.45) is 5.28. The molecule has 2 aromatic heterocycles. The second-order valence-corrected chi connectivity index (χ2v) is 6.28. The number of nitrogens with two attached hydrogens (primary N) is 1. The van der Waals surface area contributed by atoms with Crippen molar-refractivity contribution in [1.29, 1.82) is 0 Å². The van der Waals surface area contributed by atoms with Crippen molar-refractivity contribution < 1.29 is 23.4 Å². The zero-order valence-corrected chi connectivity index (χ0v) is 18.5. The molecule has 1 aliphatic rings. The van der Waals surface area contributed by atoms with Crippen LogP contribution in [0.5, 0.6) is 0 Å². The van der Waals surface area contributed by atoms with Gasteiger partial charge in [-0.25, -0.2) is 4.39 Å². The van der Waals surface area contributed by atoms with Gasteiger partial charge in [-0.05, 0) is 50.6 Å². The van der Waals surface area contributed by atoms with Crippen molar-refractivity contribution >= 4 is 28.6 Å². The van der Waals surface area contributed by atoms with E-state index < -0.39 is 0 Å². The Morgan fingerprint density at radius 1 is 1.23 bits per heavy atom. The lowest BCUT2D eigenvalue weighted by Crippen LogP contribution is -2.19. The maximum Gasteiger partial charge on any atom is 0.191 e. The number of rotatable bonds is 3. The van der Waals surface area contributed by atoms with Crippen molar-refractivity contribution in [1.82, 2.24) is 4.98 Å². The van der Waals surface area contributed by atoms with E-state index in [2.05, 4.69) is 16.0 Å². The van der Waals surface area contributed by atoms with Crippen LogP contribution in [0, 0.1) is 12.7 Å². The first-order valence-electron chi connectivity index (χ1n) is 10.3. The molecule has 3 aromatic rings. The molecule has 0 bridgehead atoms. The number of hydrogen-bond acceptors (Lipinski definition) is 7. The van der Waals surface area contributed by atoms with Crippen molar-refractivity contribution in [2.45, 2.75) is 39.7 Å². The predicted octanol–water partition coefficient (Wildman–Crippen LogP) is 4.59. The second-order valence-electron chi connectivity index (χ2n) is 6.28. The lowest BCUT2D eigenvalue weighted by atomic mass is 10.2. The minimum atomic E-state index is -0.389. The first-order valence-corrected chi connectivity index (χ1v) is 10.3. The van der Waals surface area contributed by atoms with Crippen LogP contribution in [0.3, 0.4) is 0 Å². The number of aldehydes is 1. The number of carbonyl (C=O) groups excluding carboxylic acids is 1. The number of aromatic nitrogens is 1. The second kappa shape index (κ2) is 14.2. The Morgan fingerprint density at radius 2 is 1.90 bits per heavy atom. The van der Waals surface area contributed by atoms with Crippen molar-refractivity contribution in [3.8, 4) is 0 Å². The summed E-state index contributed by atoms with van der Waals surface area (Å²) in [6, 6.07) is 6.48. The molecule has 8 heteroatoms. The van der Waals surface area contributed by atoms with E-state index in [9.17, 15) is 9.18 Å². The molecule has 1 aromatic carbocycles. The third kappa shape index (κ3) is 7.75. The SMILES string of the molecule is CC.CN.Cc1ccc(Nc2c(C=O)oc3ccncc23)c(F)c1.OC1CCOCC1. The quantitative estimate of drug-likeness (QED) is 0.518. The van der Waals surface area contributed by atoms with Crippen LogP contribution in [0.2, 0.25) is 0 Å². The van der Waals surface area contributed by atoms with E-state index in [4.69, 9.17) is 14.3 Å². The number of furan rings is 1. The summed E-state index contributed by atoms with van der Waals surface area (Å²) in [5, 5.41) is 12.4. The molecule has 31 heavy (non-hydrogen) atoms. The number of anilines is 2. The number of hydrogen-bond donors (Lipinski definition) is 3. The molecule has 0 radical (unpaired) electrons. The van der Waals surface area contributed by atoms with Gasteiger partial charge in [0.1, 0.15) is 11.4 Å². The van der Waals surface area contributed by atoms with E-state index in [0.29, 0.717) is 22.9 Å². The Bertz CT molecular complexity index is 924. The molecule has 1 aliphatic heterocycles. The summed E-state index contributed by atoms with van der Waals surface area (Å²) in [4.78, 5) is 15.1. The summed E-state index contributed by atoms with van der Waals surface area (Å²) in [7, 11) is 1.50. The number of aliphatic hydroxyl groups excluding tert-OH is 1. The zero-order chi connectivity index (χ0) is 23.2. The topological polar surface area (TPSA) is 111 Å². The summed E-state index contributed by atoms with van der Waals surface area (Å²) < 4.78 is 24.3. The summed E-state index contributed by atoms with van der Waals surface area (Å²) >= 11 is 0. The van der Waals surface area contributed by atoms with Crippen molar-refractivity contribution in [2.75, 3.05) is 25.6 Å². The number of pyridine rings is 1. The van der Waals surface area contributed by atoms with Gasteiger partial charge < -0.3 is 25.3 Å². The molecule has 1 fully saturated rings. The third-order valence-electron chi connectivity index (χ3n) is 4.20. The fourth-order valence-electron chi connectivity index (χ4n) is 2.71. The highest BCUT2D eigenvalue weighted by atomic mass is 19.1. The van der Waals surface area contributed by atoms with Crippen molar-refractivity contribution in [2.24, 2.45) is 5.73 Å². The molecule has 4 rings (SSSR count). The number of fused-ring (bicyclic) bond motifs is 1. The van der Waals surface area contributed by atoms with Crippen molar-refractivity contribution in [3.05, 3.63) is 53.8 Å². The number of ether oxygens (including phenoxy) is 1. The maximum absolute atomic E-state index is 13.9. The highest BCUT2D eigenvalue weighted by Crippen LogP contribution is 2.32. The maximum atomic E-state index is 13.9. The number of carbonyl (C=O) groups is 1. The smallest absolute Gasteiger partial charge is 0.191 e. The number of nitrogens with zero attached hydrogens (tertiary/aromatic N) is 1. The van der Waals surface area contributed by atoms with E-state index in [1.54, 1.807) is 37.5 Å². The normalized spacial score (nSPS) is 13.0. The van der Waals surface area contributed by atoms with Gasteiger partial charge in [-0.3, -0.25) is 9.78 Å². The number of nitrogens with one attached hydrogen (secondary N) is 1. The Morgan fingerprint density at radius 3 is 2.45 bits per heavy atom. The Hall–Kier alpha value is -2.81. The fourth-order valence-corrected chi connectivity index (χ4v) is 2.71. The molecule has 3 heterocycles. The monoisotopic (exact) mass is 433 g/mol. The van der Waals surface area contributed by atoms with Crippen LogP contribution in [0.4, 0.5) is 15.8 Å². The van der Waals surface area contributed by atoms with Gasteiger partial charge in [-0.2, -0.15) is 0 Å². The first-order chi connectivity index (χ1) is 15.1. The molecule has 0 amide bonds. The molecular formula is C23H32FN3O4. The van der Waals surface area contributed by atoms with Gasteiger partial charge in [0, 0.05) is 25.6 Å². The molecule has 170 valence electrons. The Balaban J connectivity index is 0.000000366. The van der Waals surface area contributed by atoms with Crippen LogP contribution in [0.15, 0.2) is 41.1 Å². The van der Waals surface area contributed by atoms with E-state index in [-0.39, 0.29) is 23.4 Å². The molecule has 1 saturated heterocycles. The van der Waals surface area contributed by atoms with Gasteiger partial charge >= 0.3 is 0 Å². The van der Waals surface area contributed by atoms with Crippen LogP contribution >= 0.6 is 0 Å². The number of aliphatic hydroxyl groups is 1. The first kappa shape index (κ1) is 26.2. The number of halogens is 1. The Kier molecular flexibility index (Phi) is 12.0. The van der Waals surface area contributed by atoms with Crippen LogP contribution in [-0.2, 0) is 4.74 Å². The summed E-state index contributed by atoms with van der Waals surface area (Å²) in [5.74, 6) is -0.270. The lowest BCUT2D eigenvalue weighted by molar-refractivity contribution is 0.0140. The Labute approximate surface area is 182 Å². The summed E-state index contributed by atoms with van der Waals surface area (Å²) in [5.41, 5.74) is 6.55. The van der Waals surface area contributed by atoms with E-state index in [0.717, 1.165) is 31.6 Å². The van der Waals surface area contributed by atoms with Gasteiger partial charge in [0.15, 0.2) is 12.0 Å². The largest absolute Gasteiger partial charge is 0.451 e. The molecule has 0 atom stereocenters. The average Bonchev–Trinajstić information content (AvgIpc) is 3.17. The molecule has 0 aliphatic carbocycles. The number of benzene rings is 1. The minimum Gasteiger partial charge on any atom is -0.451 e. The molecule has 7 nitrogen and oxygen atoms in total. The van der Waals surface area contributed by atoms with Crippen LogP contribution in [0.25, 0.3) is 11.0 Å². The summed E-state index contributed by atoms with van der Waals surface area (Å²) in [6.45, 7) is 7.28. The van der Waals surface area contributed by atoms with E-state index >= 15 is 0 Å². The van der Waals surface area contributed by atoms with Crippen molar-refractivity contribution in [3.63, 3.8) is 0 Å². The van der Waals surface area contributed by atoms with Gasteiger partial charge in [0.25, 0.3) is 0 Å². The lowest BCUT2D eigenvalue weighted by Gasteiger charge is -2.15. The minimum absolute atomic E-state index is 0.0891. The average molecular weight is 434 g/mol. The standard InChI is InChI=1S/C15H11FN2O2.C5H10O2.C2H6.CH5N/c1-9-2-3-12(11(16)6-9)18-15-10-7-17-5-4-13(10)20-14(15)8-19;6-5-1-3-7-4-2-5;2*1-2/h2-8,18H,1H3;5-6H,1-4H2;1-2H3;2H2,1H3. The van der Waals surface area contributed by atoms with Crippen LogP contribution < -0.4 is 11.1 Å². The third-order valence-corrected chi connectivity index (χ3v) is 4.20.